The Kier molecular flexibility index (Phi) is 17.1. The third kappa shape index (κ3) is 12.9. The van der Waals surface area contributed by atoms with Crippen LogP contribution >= 0.6 is 0 Å². The second-order valence-electron chi connectivity index (χ2n) is 16.0. The number of hydrogen-bond donors (Lipinski definition) is 0. The van der Waals surface area contributed by atoms with E-state index in [9.17, 15) is 0 Å². The van der Waals surface area contributed by atoms with E-state index in [4.69, 9.17) is 42.6 Å². The zero-order valence-corrected chi connectivity index (χ0v) is 36.3. The monoisotopic (exact) mass is 862 g/mol. The molecule has 0 N–H and O–H groups in total. The minimum atomic E-state index is -0.786. The molecule has 6 aromatic rings. The summed E-state index contributed by atoms with van der Waals surface area (Å²) in [5.74, 6) is 0. The third-order valence-corrected chi connectivity index (χ3v) is 11.4. The van der Waals surface area contributed by atoms with Crippen LogP contribution in [0.15, 0.2) is 194 Å². The van der Waals surface area contributed by atoms with Crippen molar-refractivity contribution >= 4 is 0 Å². The minimum absolute atomic E-state index is 0.300. The molecule has 9 nitrogen and oxygen atoms in total. The highest BCUT2D eigenvalue weighted by Gasteiger charge is 2.49. The van der Waals surface area contributed by atoms with Gasteiger partial charge in [0, 0.05) is 7.11 Å². The van der Waals surface area contributed by atoms with Crippen LogP contribution in [0.4, 0.5) is 0 Å². The van der Waals surface area contributed by atoms with E-state index in [0.29, 0.717) is 46.2 Å². The number of methoxy groups -OCH3 is 1. The molecule has 2 saturated heterocycles. The van der Waals surface area contributed by atoms with Crippen molar-refractivity contribution in [2.75, 3.05) is 13.7 Å². The zero-order chi connectivity index (χ0) is 43.6. The Labute approximate surface area is 377 Å². The summed E-state index contributed by atoms with van der Waals surface area (Å²) in [6.45, 7) is 2.48. The predicted octanol–water partition coefficient (Wildman–Crippen LogP) is 9.83. The van der Waals surface area contributed by atoms with Gasteiger partial charge >= 0.3 is 0 Å². The Hall–Kier alpha value is -5.30. The van der Waals surface area contributed by atoms with Gasteiger partial charge in [0.05, 0.1) is 46.2 Å². The number of rotatable bonds is 22. The summed E-state index contributed by atoms with van der Waals surface area (Å²) in [4.78, 5) is 0. The van der Waals surface area contributed by atoms with E-state index in [1.807, 2.05) is 158 Å². The Morgan fingerprint density at radius 3 is 1.06 bits per heavy atom. The van der Waals surface area contributed by atoms with Gasteiger partial charge in [-0.25, -0.2) is 0 Å². The van der Waals surface area contributed by atoms with Gasteiger partial charge in [0.15, 0.2) is 6.29 Å². The molecule has 2 aliphatic rings. The lowest BCUT2D eigenvalue weighted by atomic mass is 9.96. The fourth-order valence-corrected chi connectivity index (χ4v) is 8.09. The smallest absolute Gasteiger partial charge is 0.186 e. The third-order valence-electron chi connectivity index (χ3n) is 11.4. The first-order chi connectivity index (χ1) is 31.7. The van der Waals surface area contributed by atoms with Crippen molar-refractivity contribution in [1.29, 1.82) is 0 Å². The summed E-state index contributed by atoms with van der Waals surface area (Å²) in [5, 5.41) is 0. The summed E-state index contributed by atoms with van der Waals surface area (Å²) in [6.07, 6.45) is -1.20. The highest BCUT2D eigenvalue weighted by Crippen LogP contribution is 2.34. The molecule has 0 bridgehead atoms. The largest absolute Gasteiger partial charge is 0.374 e. The maximum absolute atomic E-state index is 6.91. The van der Waals surface area contributed by atoms with Crippen molar-refractivity contribution in [3.63, 3.8) is 0 Å². The van der Waals surface area contributed by atoms with Crippen molar-refractivity contribution in [2.24, 2.45) is 0 Å². The first-order valence-corrected chi connectivity index (χ1v) is 22.1. The van der Waals surface area contributed by atoms with E-state index in [1.54, 1.807) is 7.11 Å². The molecule has 332 valence electrons. The van der Waals surface area contributed by atoms with Crippen LogP contribution in [0.25, 0.3) is 0 Å². The Balaban J connectivity index is 1.10. The SMILES string of the molecule is CO[C@H]1O[C@H](C=C[C@@H]2O[C@@H](COCc3ccccc3)[C@@H](OCc3ccccc3)[C@@H]2OCc2ccccc2)[C@@H](OCc2ccccc2)[C@H](OCc2ccccc2)[C@H]1OCc1ccccc1. The molecule has 0 radical (unpaired) electrons. The second kappa shape index (κ2) is 24.1. The molecule has 0 saturated carbocycles. The van der Waals surface area contributed by atoms with E-state index in [-0.39, 0.29) is 0 Å². The fourth-order valence-electron chi connectivity index (χ4n) is 8.09. The summed E-state index contributed by atoms with van der Waals surface area (Å²) in [6, 6.07) is 60.7. The van der Waals surface area contributed by atoms with Gasteiger partial charge < -0.3 is 42.6 Å². The lowest BCUT2D eigenvalue weighted by molar-refractivity contribution is -0.309. The quantitative estimate of drug-likeness (QED) is 0.0620. The van der Waals surface area contributed by atoms with E-state index >= 15 is 0 Å². The lowest BCUT2D eigenvalue weighted by Crippen LogP contribution is -2.60. The van der Waals surface area contributed by atoms with Gasteiger partial charge in [-0.2, -0.15) is 0 Å². The molecule has 8 rings (SSSR count). The Bertz CT molecular complexity index is 2210. The van der Waals surface area contributed by atoms with Gasteiger partial charge in [0.2, 0.25) is 0 Å². The highest BCUT2D eigenvalue weighted by molar-refractivity contribution is 5.19. The fraction of sp³-hybridized carbons (Fsp3) is 0.309. The maximum atomic E-state index is 6.91. The summed E-state index contributed by atoms with van der Waals surface area (Å²) in [7, 11) is 1.63. The second-order valence-corrected chi connectivity index (χ2v) is 16.0. The number of ether oxygens (including phenoxy) is 9. The van der Waals surface area contributed by atoms with Gasteiger partial charge in [0.25, 0.3) is 0 Å². The van der Waals surface area contributed by atoms with E-state index in [2.05, 4.69) is 36.4 Å². The van der Waals surface area contributed by atoms with Gasteiger partial charge in [-0.1, -0.05) is 194 Å². The molecular formula is C55H58O9. The van der Waals surface area contributed by atoms with Crippen molar-refractivity contribution < 1.29 is 42.6 Å². The van der Waals surface area contributed by atoms with Crippen molar-refractivity contribution in [2.45, 2.75) is 94.8 Å². The van der Waals surface area contributed by atoms with E-state index in [1.165, 1.54) is 0 Å². The minimum Gasteiger partial charge on any atom is -0.374 e. The van der Waals surface area contributed by atoms with Crippen LogP contribution in [-0.2, 0) is 82.3 Å². The molecule has 9 heteroatoms. The van der Waals surface area contributed by atoms with Crippen molar-refractivity contribution in [1.82, 2.24) is 0 Å². The molecule has 2 heterocycles. The van der Waals surface area contributed by atoms with Crippen LogP contribution in [0.1, 0.15) is 33.4 Å². The van der Waals surface area contributed by atoms with Crippen LogP contribution in [0.5, 0.6) is 0 Å². The average molecular weight is 863 g/mol. The zero-order valence-electron chi connectivity index (χ0n) is 36.3. The van der Waals surface area contributed by atoms with E-state index in [0.717, 1.165) is 33.4 Å². The lowest BCUT2D eigenvalue weighted by Gasteiger charge is -2.45. The topological polar surface area (TPSA) is 83.1 Å². The van der Waals surface area contributed by atoms with Gasteiger partial charge in [-0.3, -0.25) is 0 Å². The molecule has 0 amide bonds. The average Bonchev–Trinajstić information content (AvgIpc) is 3.69. The molecule has 9 atom stereocenters. The summed E-state index contributed by atoms with van der Waals surface area (Å²) >= 11 is 0. The highest BCUT2D eigenvalue weighted by atomic mass is 16.7. The summed E-state index contributed by atoms with van der Waals surface area (Å²) < 4.78 is 60.1. The van der Waals surface area contributed by atoms with Crippen LogP contribution in [0.2, 0.25) is 0 Å². The van der Waals surface area contributed by atoms with Crippen LogP contribution < -0.4 is 0 Å². The molecule has 0 aromatic heterocycles. The molecule has 0 unspecified atom stereocenters. The normalized spacial score (nSPS) is 24.5. The first kappa shape index (κ1) is 45.3. The van der Waals surface area contributed by atoms with Gasteiger partial charge in [-0.15, -0.1) is 0 Å². The van der Waals surface area contributed by atoms with Crippen molar-refractivity contribution in [3.05, 3.63) is 228 Å². The predicted molar refractivity (Wildman–Crippen MR) is 245 cm³/mol. The summed E-state index contributed by atoms with van der Waals surface area (Å²) in [5.41, 5.74) is 6.25. The molecule has 2 fully saturated rings. The molecular weight excluding hydrogens is 805 g/mol. The van der Waals surface area contributed by atoms with Crippen LogP contribution in [0, 0.1) is 0 Å². The molecule has 2 aliphatic heterocycles. The Morgan fingerprint density at radius 1 is 0.359 bits per heavy atom. The molecule has 0 aliphatic carbocycles. The van der Waals surface area contributed by atoms with Crippen LogP contribution in [0.3, 0.4) is 0 Å². The first-order valence-electron chi connectivity index (χ1n) is 22.1. The number of benzene rings is 6. The standard InChI is InChI=1S/C55H58O9/c1-56-55-54(62-39-46-30-18-7-19-31-46)53(61-38-45-28-16-6-17-29-45)51(59-36-43-24-12-4-13-25-43)48(64-55)33-32-47-50(58-35-42-22-10-3-11-23-42)52(60-37-44-26-14-5-15-27-44)49(63-47)40-57-34-41-20-8-2-9-21-41/h2-33,47-55H,34-40H2,1H3/t47-,48+,49-,50+,51+,52+,53-,54+,55-/m0/s1. The van der Waals surface area contributed by atoms with E-state index < -0.39 is 55.1 Å². The van der Waals surface area contributed by atoms with Crippen LogP contribution in [-0.4, -0.2) is 68.8 Å². The maximum Gasteiger partial charge on any atom is 0.186 e. The molecule has 64 heavy (non-hydrogen) atoms. The van der Waals surface area contributed by atoms with Crippen molar-refractivity contribution in [3.8, 4) is 0 Å². The van der Waals surface area contributed by atoms with Gasteiger partial charge in [-0.05, 0) is 33.4 Å². The van der Waals surface area contributed by atoms with Gasteiger partial charge in [0.1, 0.15) is 48.8 Å². The molecule has 0 spiro atoms. The molecule has 6 aromatic carbocycles. The Morgan fingerprint density at radius 2 is 0.672 bits per heavy atom. The number of hydrogen-bond acceptors (Lipinski definition) is 9.